The molecule has 2 aliphatic heterocycles. The molecule has 198 valence electrons. The number of allylic oxidation sites excluding steroid dienone is 2. The van der Waals surface area contributed by atoms with Crippen molar-refractivity contribution in [2.24, 2.45) is 5.73 Å². The Balaban J connectivity index is 1.54. The van der Waals surface area contributed by atoms with Gasteiger partial charge in [-0.25, -0.2) is 4.79 Å². The second-order valence-corrected chi connectivity index (χ2v) is 9.78. The summed E-state index contributed by atoms with van der Waals surface area (Å²) in [5.74, 6) is -2.92. The molecule has 1 fully saturated rings. The Morgan fingerprint density at radius 3 is 2.16 bits per heavy atom. The topological polar surface area (TPSA) is 182 Å². The van der Waals surface area contributed by atoms with Gasteiger partial charge < -0.3 is 31.7 Å². The molecule has 4 rings (SSSR count). The average molecular weight is 539 g/mol. The number of nitrogens with one attached hydrogen (secondary N) is 2. The van der Waals surface area contributed by atoms with Crippen LogP contribution in [0.3, 0.4) is 0 Å². The van der Waals surface area contributed by atoms with Crippen LogP contribution in [0.1, 0.15) is 30.1 Å². The summed E-state index contributed by atoms with van der Waals surface area (Å²) in [7, 11) is 0. The summed E-state index contributed by atoms with van der Waals surface area (Å²) in [5, 5.41) is 33.4. The van der Waals surface area contributed by atoms with Crippen LogP contribution in [0.4, 0.5) is 0 Å². The maximum Gasteiger partial charge on any atom is 0.352 e. The second-order valence-electron chi connectivity index (χ2n) is 8.68. The van der Waals surface area contributed by atoms with Gasteiger partial charge in [0.25, 0.3) is 5.91 Å². The third-order valence-electron chi connectivity index (χ3n) is 6.18. The van der Waals surface area contributed by atoms with Crippen molar-refractivity contribution in [3.8, 4) is 11.5 Å². The third kappa shape index (κ3) is 5.22. The number of nitrogens with zero attached hydrogens (tertiary/aromatic N) is 1. The first kappa shape index (κ1) is 26.8. The second kappa shape index (κ2) is 11.0. The first-order valence-electron chi connectivity index (χ1n) is 11.6. The van der Waals surface area contributed by atoms with Crippen molar-refractivity contribution >= 4 is 35.5 Å². The molecule has 38 heavy (non-hydrogen) atoms. The van der Waals surface area contributed by atoms with E-state index in [2.05, 4.69) is 10.6 Å². The Hall–Kier alpha value is -4.29. The predicted octanol–water partition coefficient (Wildman–Crippen LogP) is 1.27. The summed E-state index contributed by atoms with van der Waals surface area (Å²) in [6.07, 6.45) is 3.33. The zero-order valence-electron chi connectivity index (χ0n) is 20.2. The quantitative estimate of drug-likeness (QED) is 0.270. The molecule has 0 unspecified atom stereocenters. The lowest BCUT2D eigenvalue weighted by Crippen LogP contribution is -2.71. The Labute approximate surface area is 222 Å². The predicted molar refractivity (Wildman–Crippen MR) is 139 cm³/mol. The van der Waals surface area contributed by atoms with E-state index in [-0.39, 0.29) is 17.2 Å². The average Bonchev–Trinajstić information content (AvgIpc) is 2.90. The largest absolute Gasteiger partial charge is 0.508 e. The summed E-state index contributed by atoms with van der Waals surface area (Å²) in [6, 6.07) is 7.88. The minimum atomic E-state index is -1.27. The van der Waals surface area contributed by atoms with Crippen molar-refractivity contribution < 1.29 is 34.5 Å². The standard InChI is InChI=1S/C26H26N4O7S/c1-2-3-15-12-38-25-20(24(35)30(25)21(15)26(36)37)29-23(34)19(14-6-10-17(32)11-7-14)28-22(33)18(27)13-4-8-16(31)9-5-13/h2-11,18-20,25,31-32H,12,27H2,1H3,(H,28,33)(H,29,34)(H,36,37)/b3-2+/t18-,19-,20-,25-/m1/s1. The van der Waals surface area contributed by atoms with Crippen LogP contribution in [0, 0.1) is 0 Å². The van der Waals surface area contributed by atoms with E-state index in [1.165, 1.54) is 60.3 Å². The number of aliphatic carboxylic acids is 1. The molecule has 0 bridgehead atoms. The Bertz CT molecular complexity index is 1320. The minimum absolute atomic E-state index is 0.00114. The molecule has 0 saturated carbocycles. The van der Waals surface area contributed by atoms with Gasteiger partial charge in [0.15, 0.2) is 0 Å². The van der Waals surface area contributed by atoms with Crippen molar-refractivity contribution in [2.75, 3.05) is 5.75 Å². The van der Waals surface area contributed by atoms with Crippen LogP contribution in [-0.4, -0.2) is 61.1 Å². The SMILES string of the molecule is C/C=C/C1=C(C(=O)O)N2C(=O)[C@@H](NC(=O)[C@H](NC(=O)[C@H](N)c3ccc(O)cc3)c3ccc(O)cc3)[C@H]2SC1. The molecule has 3 amide bonds. The van der Waals surface area contributed by atoms with Crippen LogP contribution in [-0.2, 0) is 19.2 Å². The van der Waals surface area contributed by atoms with Crippen molar-refractivity contribution in [3.05, 3.63) is 83.1 Å². The van der Waals surface area contributed by atoms with E-state index in [9.17, 15) is 34.5 Å². The lowest BCUT2D eigenvalue weighted by Gasteiger charge is -2.49. The first-order chi connectivity index (χ1) is 18.1. The number of thioether (sulfide) groups is 1. The van der Waals surface area contributed by atoms with Gasteiger partial charge in [-0.05, 0) is 47.9 Å². The van der Waals surface area contributed by atoms with E-state index in [0.717, 1.165) is 4.90 Å². The third-order valence-corrected chi connectivity index (χ3v) is 7.48. The number of nitrogens with two attached hydrogens (primary N) is 1. The lowest BCUT2D eigenvalue weighted by molar-refractivity contribution is -0.151. The molecule has 0 radical (unpaired) electrons. The maximum atomic E-state index is 13.4. The number of carbonyl (C=O) groups is 4. The number of phenols is 2. The van der Waals surface area contributed by atoms with E-state index in [1.807, 2.05) is 0 Å². The van der Waals surface area contributed by atoms with Gasteiger partial charge in [0.2, 0.25) is 11.8 Å². The molecule has 2 aliphatic rings. The van der Waals surface area contributed by atoms with Crippen LogP contribution in [0.15, 0.2) is 72.0 Å². The molecule has 1 saturated heterocycles. The number of benzene rings is 2. The summed E-state index contributed by atoms with van der Waals surface area (Å²) in [6.45, 7) is 1.75. The number of carboxylic acids is 1. The van der Waals surface area contributed by atoms with Crippen LogP contribution in [0.5, 0.6) is 11.5 Å². The van der Waals surface area contributed by atoms with Gasteiger partial charge in [-0.15, -0.1) is 11.8 Å². The Morgan fingerprint density at radius 2 is 1.61 bits per heavy atom. The van der Waals surface area contributed by atoms with Gasteiger partial charge in [-0.1, -0.05) is 36.4 Å². The molecule has 0 spiro atoms. The Kier molecular flexibility index (Phi) is 7.74. The number of rotatable bonds is 8. The van der Waals surface area contributed by atoms with Crippen LogP contribution in [0.25, 0.3) is 0 Å². The molecule has 11 nitrogen and oxygen atoms in total. The molecule has 12 heteroatoms. The van der Waals surface area contributed by atoms with Crippen LogP contribution >= 0.6 is 11.8 Å². The number of β-lactam (4-membered cyclic amide) rings is 1. The molecular formula is C26H26N4O7S. The monoisotopic (exact) mass is 538 g/mol. The molecule has 0 aromatic heterocycles. The fourth-order valence-electron chi connectivity index (χ4n) is 4.24. The normalized spacial score (nSPS) is 20.4. The molecular weight excluding hydrogens is 512 g/mol. The van der Waals surface area contributed by atoms with Gasteiger partial charge >= 0.3 is 5.97 Å². The molecule has 2 heterocycles. The number of aromatic hydroxyl groups is 2. The van der Waals surface area contributed by atoms with Gasteiger partial charge in [0.05, 0.1) is 0 Å². The number of carboxylic acid groups (broad SMARTS) is 1. The van der Waals surface area contributed by atoms with Gasteiger partial charge in [0.1, 0.15) is 40.7 Å². The van der Waals surface area contributed by atoms with Crippen molar-refractivity contribution in [3.63, 3.8) is 0 Å². The van der Waals surface area contributed by atoms with Crippen LogP contribution < -0.4 is 16.4 Å². The summed E-state index contributed by atoms with van der Waals surface area (Å²) >= 11 is 1.32. The van der Waals surface area contributed by atoms with Crippen LogP contribution in [0.2, 0.25) is 0 Å². The molecule has 2 aromatic carbocycles. The number of carbonyl (C=O) groups excluding carboxylic acids is 3. The molecule has 2 aromatic rings. The fraction of sp³-hybridized carbons (Fsp3) is 0.231. The van der Waals surface area contributed by atoms with Crippen molar-refractivity contribution in [2.45, 2.75) is 30.4 Å². The fourth-order valence-corrected chi connectivity index (χ4v) is 5.56. The van der Waals surface area contributed by atoms with E-state index in [4.69, 9.17) is 5.73 Å². The number of hydrogen-bond acceptors (Lipinski definition) is 8. The zero-order valence-corrected chi connectivity index (χ0v) is 21.0. The smallest absolute Gasteiger partial charge is 0.352 e. The van der Waals surface area contributed by atoms with E-state index < -0.39 is 47.2 Å². The van der Waals surface area contributed by atoms with Gasteiger partial charge in [-0.3, -0.25) is 19.3 Å². The Morgan fingerprint density at radius 1 is 1.03 bits per heavy atom. The highest BCUT2D eigenvalue weighted by atomic mass is 32.2. The van der Waals surface area contributed by atoms with Gasteiger partial charge in [-0.2, -0.15) is 0 Å². The summed E-state index contributed by atoms with van der Waals surface area (Å²) in [5.41, 5.74) is 7.18. The number of fused-ring (bicyclic) bond motifs is 1. The number of amides is 3. The highest BCUT2D eigenvalue weighted by molar-refractivity contribution is 8.00. The number of hydrogen-bond donors (Lipinski definition) is 6. The number of phenolic OH excluding ortho intramolecular Hbond substituents is 2. The van der Waals surface area contributed by atoms with E-state index in [1.54, 1.807) is 19.1 Å². The van der Waals surface area contributed by atoms with Crippen molar-refractivity contribution in [1.29, 1.82) is 0 Å². The molecule has 0 aliphatic carbocycles. The summed E-state index contributed by atoms with van der Waals surface area (Å²) in [4.78, 5) is 52.4. The molecule has 4 atom stereocenters. The maximum absolute atomic E-state index is 13.4. The van der Waals surface area contributed by atoms with Gasteiger partial charge in [0, 0.05) is 5.75 Å². The first-order valence-corrected chi connectivity index (χ1v) is 12.6. The van der Waals surface area contributed by atoms with E-state index in [0.29, 0.717) is 22.5 Å². The minimum Gasteiger partial charge on any atom is -0.508 e. The molecule has 7 N–H and O–H groups in total. The highest BCUT2D eigenvalue weighted by Gasteiger charge is 2.54. The zero-order chi connectivity index (χ0) is 27.6. The summed E-state index contributed by atoms with van der Waals surface area (Å²) < 4.78 is 0. The van der Waals surface area contributed by atoms with E-state index >= 15 is 0 Å². The lowest BCUT2D eigenvalue weighted by atomic mass is 10.00. The van der Waals surface area contributed by atoms with Crippen molar-refractivity contribution in [1.82, 2.24) is 15.5 Å². The highest BCUT2D eigenvalue weighted by Crippen LogP contribution is 2.40.